The fourth-order valence-electron chi connectivity index (χ4n) is 3.37. The van der Waals surface area contributed by atoms with Crippen LogP contribution in [0.2, 0.25) is 0 Å². The third-order valence-electron chi connectivity index (χ3n) is 4.91. The molecule has 7 heteroatoms. The maximum atomic E-state index is 12.2. The zero-order valence-electron chi connectivity index (χ0n) is 16.2. The van der Waals surface area contributed by atoms with Crippen molar-refractivity contribution in [3.8, 4) is 0 Å². The maximum Gasteiger partial charge on any atom is 0.230 e. The van der Waals surface area contributed by atoms with Gasteiger partial charge in [-0.15, -0.1) is 10.2 Å². The van der Waals surface area contributed by atoms with Gasteiger partial charge in [0.2, 0.25) is 5.91 Å². The van der Waals surface area contributed by atoms with Crippen molar-refractivity contribution < 1.29 is 4.79 Å². The van der Waals surface area contributed by atoms with Crippen LogP contribution in [-0.2, 0) is 17.9 Å². The van der Waals surface area contributed by atoms with Crippen LogP contribution in [0.4, 0.5) is 5.69 Å². The molecule has 1 heterocycles. The summed E-state index contributed by atoms with van der Waals surface area (Å²) in [5.41, 5.74) is 2.30. The van der Waals surface area contributed by atoms with Crippen LogP contribution in [0.3, 0.4) is 0 Å². The third-order valence-corrected chi connectivity index (χ3v) is 5.88. The predicted octanol–water partition coefficient (Wildman–Crippen LogP) is 3.76. The first kappa shape index (κ1) is 19.7. The Kier molecular flexibility index (Phi) is 7.15. The molecule has 0 radical (unpaired) electrons. The standard InChI is InChI=1S/C20H29N5OS/c1-3-25-18(13-21-16-11-9-15(2)10-12-16)23-24-20(25)27-14-19(26)22-17-7-5-4-6-8-17/h9-12,17,21H,3-8,13-14H2,1-2H3,(H,22,26). The first-order valence-corrected chi connectivity index (χ1v) is 10.8. The van der Waals surface area contributed by atoms with Gasteiger partial charge in [-0.2, -0.15) is 0 Å². The van der Waals surface area contributed by atoms with Gasteiger partial charge in [0, 0.05) is 18.3 Å². The molecular weight excluding hydrogens is 358 g/mol. The number of carbonyl (C=O) groups excluding carboxylic acids is 1. The summed E-state index contributed by atoms with van der Waals surface area (Å²) in [6, 6.07) is 8.64. The topological polar surface area (TPSA) is 71.8 Å². The number of anilines is 1. The summed E-state index contributed by atoms with van der Waals surface area (Å²) >= 11 is 1.46. The Balaban J connectivity index is 1.51. The van der Waals surface area contributed by atoms with Gasteiger partial charge < -0.3 is 15.2 Å². The number of carbonyl (C=O) groups is 1. The Morgan fingerprint density at radius 2 is 1.93 bits per heavy atom. The second-order valence-electron chi connectivity index (χ2n) is 7.05. The van der Waals surface area contributed by atoms with Crippen molar-refractivity contribution in [3.63, 3.8) is 0 Å². The summed E-state index contributed by atoms with van der Waals surface area (Å²) in [5, 5.41) is 15.9. The number of nitrogens with one attached hydrogen (secondary N) is 2. The number of nitrogens with zero attached hydrogens (tertiary/aromatic N) is 3. The van der Waals surface area contributed by atoms with Gasteiger partial charge in [-0.25, -0.2) is 0 Å². The molecule has 0 unspecified atom stereocenters. The molecule has 0 aliphatic heterocycles. The van der Waals surface area contributed by atoms with Crippen LogP contribution >= 0.6 is 11.8 Å². The zero-order chi connectivity index (χ0) is 19.1. The lowest BCUT2D eigenvalue weighted by molar-refractivity contribution is -0.119. The van der Waals surface area contributed by atoms with Crippen molar-refractivity contribution in [1.82, 2.24) is 20.1 Å². The van der Waals surface area contributed by atoms with Crippen molar-refractivity contribution in [2.45, 2.75) is 70.2 Å². The molecule has 0 spiro atoms. The number of thioether (sulfide) groups is 1. The van der Waals surface area contributed by atoms with Gasteiger partial charge in [0.05, 0.1) is 12.3 Å². The Bertz CT molecular complexity index is 737. The van der Waals surface area contributed by atoms with E-state index in [1.807, 2.05) is 0 Å². The molecule has 1 aliphatic carbocycles. The van der Waals surface area contributed by atoms with Crippen LogP contribution < -0.4 is 10.6 Å². The predicted molar refractivity (Wildman–Crippen MR) is 110 cm³/mol. The summed E-state index contributed by atoms with van der Waals surface area (Å²) in [7, 11) is 0. The molecule has 3 rings (SSSR count). The largest absolute Gasteiger partial charge is 0.378 e. The minimum absolute atomic E-state index is 0.0943. The molecule has 0 atom stereocenters. The van der Waals surface area contributed by atoms with Crippen LogP contribution in [-0.4, -0.2) is 32.5 Å². The van der Waals surface area contributed by atoms with Crippen molar-refractivity contribution in [2.24, 2.45) is 0 Å². The van der Waals surface area contributed by atoms with Crippen LogP contribution in [0, 0.1) is 6.92 Å². The van der Waals surface area contributed by atoms with Gasteiger partial charge >= 0.3 is 0 Å². The second-order valence-corrected chi connectivity index (χ2v) is 8.00. The van der Waals surface area contributed by atoms with Gasteiger partial charge in [0.25, 0.3) is 0 Å². The number of aryl methyl sites for hydroxylation is 1. The van der Waals surface area contributed by atoms with Gasteiger partial charge in [-0.1, -0.05) is 48.7 Å². The highest BCUT2D eigenvalue weighted by Crippen LogP contribution is 2.20. The van der Waals surface area contributed by atoms with Gasteiger partial charge in [-0.05, 0) is 38.8 Å². The molecule has 1 aliphatic rings. The highest BCUT2D eigenvalue weighted by molar-refractivity contribution is 7.99. The van der Waals surface area contributed by atoms with Crippen molar-refractivity contribution >= 4 is 23.4 Å². The van der Waals surface area contributed by atoms with Crippen LogP contribution in [0.25, 0.3) is 0 Å². The fraction of sp³-hybridized carbons (Fsp3) is 0.550. The minimum Gasteiger partial charge on any atom is -0.378 e. The third kappa shape index (κ3) is 5.73. The molecule has 2 aromatic rings. The molecule has 2 N–H and O–H groups in total. The summed E-state index contributed by atoms with van der Waals surface area (Å²) in [5.74, 6) is 1.37. The number of hydrogen-bond donors (Lipinski definition) is 2. The Morgan fingerprint density at radius 1 is 1.19 bits per heavy atom. The molecule has 0 bridgehead atoms. The first-order valence-electron chi connectivity index (χ1n) is 9.80. The molecule has 1 saturated carbocycles. The molecular formula is C20H29N5OS. The normalized spacial score (nSPS) is 14.9. The highest BCUT2D eigenvalue weighted by Gasteiger charge is 2.17. The van der Waals surface area contributed by atoms with Gasteiger partial charge in [-0.3, -0.25) is 4.79 Å². The molecule has 0 saturated heterocycles. The van der Waals surface area contributed by atoms with Gasteiger partial charge in [0.1, 0.15) is 0 Å². The van der Waals surface area contributed by atoms with E-state index in [2.05, 4.69) is 63.5 Å². The number of rotatable bonds is 8. The van der Waals surface area contributed by atoms with Crippen LogP contribution in [0.1, 0.15) is 50.4 Å². The molecule has 1 fully saturated rings. The first-order chi connectivity index (χ1) is 13.2. The van der Waals surface area contributed by atoms with E-state index in [1.165, 1.54) is 36.6 Å². The molecule has 146 valence electrons. The van der Waals surface area contributed by atoms with E-state index in [-0.39, 0.29) is 5.91 Å². The molecule has 6 nitrogen and oxygen atoms in total. The molecule has 1 aromatic heterocycles. The quantitative estimate of drug-likeness (QED) is 0.675. The second kappa shape index (κ2) is 9.78. The lowest BCUT2D eigenvalue weighted by Gasteiger charge is -2.22. The Morgan fingerprint density at radius 3 is 2.63 bits per heavy atom. The monoisotopic (exact) mass is 387 g/mol. The summed E-state index contributed by atoms with van der Waals surface area (Å²) < 4.78 is 2.07. The summed E-state index contributed by atoms with van der Waals surface area (Å²) in [6.07, 6.45) is 5.95. The van der Waals surface area contributed by atoms with E-state index in [4.69, 9.17) is 0 Å². The lowest BCUT2D eigenvalue weighted by atomic mass is 9.95. The zero-order valence-corrected chi connectivity index (χ0v) is 17.0. The number of aromatic nitrogens is 3. The van der Waals surface area contributed by atoms with Crippen LogP contribution in [0.5, 0.6) is 0 Å². The molecule has 27 heavy (non-hydrogen) atoms. The van der Waals surface area contributed by atoms with E-state index in [0.29, 0.717) is 18.3 Å². The summed E-state index contributed by atoms with van der Waals surface area (Å²) in [4.78, 5) is 12.2. The maximum absolute atomic E-state index is 12.2. The van der Waals surface area contributed by atoms with Crippen molar-refractivity contribution in [1.29, 1.82) is 0 Å². The number of amides is 1. The summed E-state index contributed by atoms with van der Waals surface area (Å²) in [6.45, 7) is 5.54. The fourth-order valence-corrected chi connectivity index (χ4v) is 4.21. The van der Waals surface area contributed by atoms with Crippen LogP contribution in [0.15, 0.2) is 29.4 Å². The average molecular weight is 388 g/mol. The molecule has 1 aromatic carbocycles. The highest BCUT2D eigenvalue weighted by atomic mass is 32.2. The van der Waals surface area contributed by atoms with E-state index >= 15 is 0 Å². The number of hydrogen-bond acceptors (Lipinski definition) is 5. The van der Waals surface area contributed by atoms with Crippen molar-refractivity contribution in [2.75, 3.05) is 11.1 Å². The molecule has 1 amide bonds. The van der Waals surface area contributed by atoms with E-state index in [9.17, 15) is 4.79 Å². The minimum atomic E-state index is 0.0943. The van der Waals surface area contributed by atoms with E-state index < -0.39 is 0 Å². The average Bonchev–Trinajstić information content (AvgIpc) is 3.08. The van der Waals surface area contributed by atoms with E-state index in [1.54, 1.807) is 0 Å². The van der Waals surface area contributed by atoms with Crippen molar-refractivity contribution in [3.05, 3.63) is 35.7 Å². The van der Waals surface area contributed by atoms with E-state index in [0.717, 1.165) is 36.1 Å². The van der Waals surface area contributed by atoms with Gasteiger partial charge in [0.15, 0.2) is 11.0 Å². The Hall–Kier alpha value is -2.02. The lowest BCUT2D eigenvalue weighted by Crippen LogP contribution is -2.37. The number of benzene rings is 1. The Labute approximate surface area is 165 Å². The SMILES string of the molecule is CCn1c(CNc2ccc(C)cc2)nnc1SCC(=O)NC1CCCCC1. The smallest absolute Gasteiger partial charge is 0.230 e.